The smallest absolute Gasteiger partial charge is 0.249 e. The van der Waals surface area contributed by atoms with Crippen LogP contribution in [0.4, 0.5) is 22.9 Å². The first-order chi connectivity index (χ1) is 30.3. The second-order valence-electron chi connectivity index (χ2n) is 18.1. The second-order valence-corrected chi connectivity index (χ2v) is 18.1. The number of piperidine rings is 3. The summed E-state index contributed by atoms with van der Waals surface area (Å²) < 4.78 is 6.60. The average molecular weight is 840 g/mol. The zero-order valence-corrected chi connectivity index (χ0v) is 35.3. The number of benzene rings is 3. The molecule has 4 aromatic rings. The Morgan fingerprint density at radius 1 is 0.806 bits per heavy atom. The van der Waals surface area contributed by atoms with E-state index in [9.17, 15) is 19.5 Å². The highest BCUT2D eigenvalue weighted by Crippen LogP contribution is 2.41. The maximum absolute atomic E-state index is 13.6. The number of fused-ring (bicyclic) bond motifs is 3. The summed E-state index contributed by atoms with van der Waals surface area (Å²) in [4.78, 5) is 49.6. The van der Waals surface area contributed by atoms with Gasteiger partial charge >= 0.3 is 0 Å². The molecule has 62 heavy (non-hydrogen) atoms. The third-order valence-corrected chi connectivity index (χ3v) is 14.3. The minimum atomic E-state index is -0.293. The standard InChI is InChI=1S/C48H57N9O5/c49-47-43(27-40(51-52-47)39-8-1-2-12-44(39)58)55-28-33-13-14-34(29-55)57(33)32-6-3-7-36(26-32)62-35-19-24-54(25-20-35)46(60)30-53-22-17-31(18-23-53)37-9-4-11-41-38(37)10-5-21-56(41)42-15-16-45(59)50-48(42)61/h1-4,6-9,11-12,26-27,31,33-35,42,58H,5,10,13-25,28-30H2,(H2,49,52)(H,50,59,61)/t33-,34+,42?. The number of carbonyl (C=O) groups excluding carboxylic acids is 3. The summed E-state index contributed by atoms with van der Waals surface area (Å²) >= 11 is 0. The normalized spacial score (nSPS) is 23.6. The van der Waals surface area contributed by atoms with Crippen LogP contribution in [0.15, 0.2) is 72.8 Å². The molecule has 0 aliphatic carbocycles. The first kappa shape index (κ1) is 40.2. The van der Waals surface area contributed by atoms with Gasteiger partial charge in [0.15, 0.2) is 5.82 Å². The van der Waals surface area contributed by atoms with Gasteiger partial charge in [-0.05, 0) is 111 Å². The first-order valence-corrected chi connectivity index (χ1v) is 22.7. The minimum Gasteiger partial charge on any atom is -0.507 e. The molecule has 4 N–H and O–H groups in total. The lowest BCUT2D eigenvalue weighted by Gasteiger charge is -2.43. The SMILES string of the molecule is Nc1nnc(-c2ccccc2O)cc1N1C[C@H]2CC[C@@H](C1)N2c1cccc(OC2CCN(C(=O)CN3CCC(c4cccc5c4CCCN5C4CCC(=O)NC4=O)CC3)CC2)c1. The zero-order valence-electron chi connectivity index (χ0n) is 35.3. The minimum absolute atomic E-state index is 0.0572. The fourth-order valence-electron chi connectivity index (χ4n) is 11.2. The summed E-state index contributed by atoms with van der Waals surface area (Å²) in [6.07, 6.45) is 8.81. The second kappa shape index (κ2) is 17.1. The number of nitrogens with one attached hydrogen (secondary N) is 1. The van der Waals surface area contributed by atoms with Crippen LogP contribution in [0.5, 0.6) is 11.5 Å². The van der Waals surface area contributed by atoms with Crippen molar-refractivity contribution < 1.29 is 24.2 Å². The van der Waals surface area contributed by atoms with Gasteiger partial charge in [0.1, 0.15) is 23.6 Å². The van der Waals surface area contributed by atoms with Gasteiger partial charge in [-0.15, -0.1) is 10.2 Å². The van der Waals surface area contributed by atoms with E-state index in [4.69, 9.17) is 10.5 Å². The van der Waals surface area contributed by atoms with Crippen molar-refractivity contribution in [2.75, 3.05) is 72.8 Å². The molecule has 0 saturated carbocycles. The molecule has 0 radical (unpaired) electrons. The number of amides is 3. The third kappa shape index (κ3) is 8.00. The largest absolute Gasteiger partial charge is 0.507 e. The van der Waals surface area contributed by atoms with Crippen LogP contribution in [0.3, 0.4) is 0 Å². The number of phenolic OH excluding ortho intramolecular Hbond substituents is 1. The van der Waals surface area contributed by atoms with E-state index < -0.39 is 0 Å². The number of nitrogens with two attached hydrogens (primary N) is 1. The number of phenols is 1. The van der Waals surface area contributed by atoms with Crippen LogP contribution < -0.4 is 30.5 Å². The number of carbonyl (C=O) groups is 3. The van der Waals surface area contributed by atoms with Crippen molar-refractivity contribution in [1.82, 2.24) is 25.3 Å². The topological polar surface area (TPSA) is 161 Å². The fourth-order valence-corrected chi connectivity index (χ4v) is 11.2. The molecule has 14 nitrogen and oxygen atoms in total. The Hall–Kier alpha value is -5.89. The number of anilines is 4. The van der Waals surface area contributed by atoms with Crippen LogP contribution in [-0.2, 0) is 20.8 Å². The zero-order chi connectivity index (χ0) is 42.3. The van der Waals surface area contributed by atoms with Gasteiger partial charge in [-0.3, -0.25) is 24.6 Å². The van der Waals surface area contributed by atoms with Crippen LogP contribution in [0.25, 0.3) is 11.3 Å². The molecule has 5 saturated heterocycles. The number of imide groups is 1. The molecular weight excluding hydrogens is 783 g/mol. The van der Waals surface area contributed by atoms with Crippen molar-refractivity contribution in [2.24, 2.45) is 0 Å². The van der Waals surface area contributed by atoms with Gasteiger partial charge in [0.2, 0.25) is 17.7 Å². The number of hydrogen-bond donors (Lipinski definition) is 3. The van der Waals surface area contributed by atoms with Crippen LogP contribution in [0.1, 0.15) is 74.8 Å². The van der Waals surface area contributed by atoms with E-state index >= 15 is 0 Å². The predicted molar refractivity (Wildman–Crippen MR) is 238 cm³/mol. The highest BCUT2D eigenvalue weighted by molar-refractivity contribution is 6.01. The van der Waals surface area contributed by atoms with Crippen LogP contribution >= 0.6 is 0 Å². The highest BCUT2D eigenvalue weighted by Gasteiger charge is 2.41. The van der Waals surface area contributed by atoms with Crippen molar-refractivity contribution in [2.45, 2.75) is 94.4 Å². The number of aromatic nitrogens is 2. The number of hydrogen-bond acceptors (Lipinski definition) is 12. The number of para-hydroxylation sites is 1. The van der Waals surface area contributed by atoms with Gasteiger partial charge in [-0.1, -0.05) is 30.3 Å². The van der Waals surface area contributed by atoms with Gasteiger partial charge < -0.3 is 35.2 Å². The highest BCUT2D eigenvalue weighted by atomic mass is 16.5. The lowest BCUT2D eigenvalue weighted by atomic mass is 9.83. The number of ether oxygens (including phenoxy) is 1. The van der Waals surface area contributed by atoms with Gasteiger partial charge in [-0.25, -0.2) is 0 Å². The maximum atomic E-state index is 13.6. The summed E-state index contributed by atoms with van der Waals surface area (Å²) in [7, 11) is 0. The van der Waals surface area contributed by atoms with E-state index in [0.29, 0.717) is 67.6 Å². The Bertz CT molecular complexity index is 2310. The molecule has 3 amide bonds. The number of nitrogens with zero attached hydrogens (tertiary/aromatic N) is 7. The summed E-state index contributed by atoms with van der Waals surface area (Å²) in [5, 5.41) is 21.5. The Morgan fingerprint density at radius 3 is 2.35 bits per heavy atom. The third-order valence-electron chi connectivity index (χ3n) is 14.3. The van der Waals surface area contributed by atoms with Crippen molar-refractivity contribution in [3.63, 3.8) is 0 Å². The first-order valence-electron chi connectivity index (χ1n) is 22.7. The van der Waals surface area contributed by atoms with Gasteiger partial charge in [0, 0.05) is 87.1 Å². The Morgan fingerprint density at radius 2 is 1.58 bits per heavy atom. The number of aromatic hydroxyl groups is 1. The maximum Gasteiger partial charge on any atom is 0.249 e. The number of nitrogen functional groups attached to an aromatic ring is 1. The van der Waals surface area contributed by atoms with Gasteiger partial charge in [0.05, 0.1) is 17.9 Å². The van der Waals surface area contributed by atoms with Crippen molar-refractivity contribution in [3.8, 4) is 22.8 Å². The summed E-state index contributed by atoms with van der Waals surface area (Å²) in [5.41, 5.74) is 13.5. The molecule has 1 aromatic heterocycles. The quantitative estimate of drug-likeness (QED) is 0.192. The monoisotopic (exact) mass is 839 g/mol. The van der Waals surface area contributed by atoms with E-state index in [1.165, 1.54) is 16.8 Å². The van der Waals surface area contributed by atoms with E-state index in [2.05, 4.69) is 71.5 Å². The average Bonchev–Trinajstić information content (AvgIpc) is 3.55. The van der Waals surface area contributed by atoms with E-state index in [1.807, 2.05) is 29.2 Å². The molecule has 2 bridgehead atoms. The van der Waals surface area contributed by atoms with Crippen LogP contribution in [-0.4, -0.2) is 119 Å². The molecule has 324 valence electrons. The predicted octanol–water partition coefficient (Wildman–Crippen LogP) is 5.10. The van der Waals surface area contributed by atoms with Crippen molar-refractivity contribution in [3.05, 3.63) is 83.9 Å². The number of rotatable bonds is 9. The molecule has 3 aromatic carbocycles. The fraction of sp³-hybridized carbons (Fsp3) is 0.479. The van der Waals surface area contributed by atoms with Gasteiger partial charge in [0.25, 0.3) is 0 Å². The Balaban J connectivity index is 0.703. The summed E-state index contributed by atoms with van der Waals surface area (Å²) in [5.74, 6) is 1.71. The van der Waals surface area contributed by atoms with E-state index in [-0.39, 0.29) is 35.6 Å². The van der Waals surface area contributed by atoms with E-state index in [1.54, 1.807) is 12.1 Å². The number of piperazine rings is 1. The lowest BCUT2D eigenvalue weighted by Crippen LogP contribution is -2.54. The molecule has 5 fully saturated rings. The lowest BCUT2D eigenvalue weighted by molar-refractivity contribution is -0.135. The van der Waals surface area contributed by atoms with Crippen molar-refractivity contribution >= 4 is 40.6 Å². The van der Waals surface area contributed by atoms with Gasteiger partial charge in [-0.2, -0.15) is 0 Å². The van der Waals surface area contributed by atoms with Crippen molar-refractivity contribution in [1.29, 1.82) is 0 Å². The Labute approximate surface area is 363 Å². The summed E-state index contributed by atoms with van der Waals surface area (Å²) in [6.45, 7) is 6.07. The molecule has 14 heteroatoms. The molecular formula is C48H57N9O5. The summed E-state index contributed by atoms with van der Waals surface area (Å²) in [6, 6.07) is 24.5. The molecule has 0 spiro atoms. The molecule has 6 aliphatic rings. The molecule has 3 atom stereocenters. The molecule has 6 aliphatic heterocycles. The molecule has 10 rings (SSSR count). The van der Waals surface area contributed by atoms with Crippen LogP contribution in [0, 0.1) is 0 Å². The molecule has 1 unspecified atom stereocenters. The van der Waals surface area contributed by atoms with Crippen LogP contribution in [0.2, 0.25) is 0 Å². The number of likely N-dealkylation sites (tertiary alicyclic amines) is 2. The van der Waals surface area contributed by atoms with E-state index in [0.717, 1.165) is 101 Å². The molecule has 7 heterocycles. The Kier molecular flexibility index (Phi) is 11.1.